The van der Waals surface area contributed by atoms with Crippen molar-refractivity contribution < 1.29 is 22.7 Å². The van der Waals surface area contributed by atoms with Crippen LogP contribution in [0.5, 0.6) is 5.75 Å². The highest BCUT2D eigenvalue weighted by molar-refractivity contribution is 6.08. The molecule has 1 saturated heterocycles. The van der Waals surface area contributed by atoms with Crippen molar-refractivity contribution in [2.75, 3.05) is 30.4 Å². The third-order valence-corrected chi connectivity index (χ3v) is 5.74. The zero-order chi connectivity index (χ0) is 24.5. The van der Waals surface area contributed by atoms with Gasteiger partial charge in [0, 0.05) is 42.2 Å². The summed E-state index contributed by atoms with van der Waals surface area (Å²) < 4.78 is 48.0. The van der Waals surface area contributed by atoms with Crippen molar-refractivity contribution in [2.24, 2.45) is 0 Å². The Morgan fingerprint density at radius 3 is 2.56 bits per heavy atom. The molecule has 1 amide bonds. The molecule has 1 fully saturated rings. The van der Waals surface area contributed by atoms with Crippen molar-refractivity contribution in [2.45, 2.75) is 32.1 Å². The standard InChI is InChI=1S/C25H25F3N4O2/c1-15(2)21-7-4-16(13-30-21)24(33)31-22-18(19-12-17(34-3)5-6-20(19)26)8-10-29-23(22)32-11-9-25(27,28)14-32/h4-8,10,12-13,15H,9,11,14H2,1-3H3,(H,31,33). The fraction of sp³-hybridized carbons (Fsp3) is 0.320. The number of ether oxygens (including phenoxy) is 1. The third kappa shape index (κ3) is 4.83. The topological polar surface area (TPSA) is 67.3 Å². The van der Waals surface area contributed by atoms with E-state index in [9.17, 15) is 18.0 Å². The van der Waals surface area contributed by atoms with Crippen molar-refractivity contribution >= 4 is 17.4 Å². The number of amides is 1. The van der Waals surface area contributed by atoms with Gasteiger partial charge >= 0.3 is 0 Å². The highest BCUT2D eigenvalue weighted by Gasteiger charge is 2.40. The number of carbonyl (C=O) groups excluding carboxylic acids is 1. The van der Waals surface area contributed by atoms with Gasteiger partial charge < -0.3 is 15.0 Å². The number of hydrogen-bond acceptors (Lipinski definition) is 5. The van der Waals surface area contributed by atoms with E-state index in [1.54, 1.807) is 12.1 Å². The van der Waals surface area contributed by atoms with Crippen molar-refractivity contribution in [1.82, 2.24) is 9.97 Å². The summed E-state index contributed by atoms with van der Waals surface area (Å²) in [4.78, 5) is 23.1. The van der Waals surface area contributed by atoms with Crippen LogP contribution in [0, 0.1) is 5.82 Å². The molecular formula is C25H25F3N4O2. The lowest BCUT2D eigenvalue weighted by Crippen LogP contribution is -2.27. The summed E-state index contributed by atoms with van der Waals surface area (Å²) in [5.74, 6) is -3.18. The van der Waals surface area contributed by atoms with Crippen LogP contribution >= 0.6 is 0 Å². The Labute approximate surface area is 195 Å². The van der Waals surface area contributed by atoms with Crippen LogP contribution in [-0.2, 0) is 0 Å². The van der Waals surface area contributed by atoms with Gasteiger partial charge in [-0.15, -0.1) is 0 Å². The third-order valence-electron chi connectivity index (χ3n) is 5.74. The minimum Gasteiger partial charge on any atom is -0.497 e. The number of nitrogens with one attached hydrogen (secondary N) is 1. The van der Waals surface area contributed by atoms with Gasteiger partial charge in [0.05, 0.1) is 24.9 Å². The van der Waals surface area contributed by atoms with Gasteiger partial charge in [-0.2, -0.15) is 0 Å². The van der Waals surface area contributed by atoms with Gasteiger partial charge in [-0.25, -0.2) is 18.2 Å². The van der Waals surface area contributed by atoms with E-state index in [0.717, 1.165) is 5.69 Å². The van der Waals surface area contributed by atoms with Crippen LogP contribution in [0.3, 0.4) is 0 Å². The number of rotatable bonds is 6. The Morgan fingerprint density at radius 1 is 1.15 bits per heavy atom. The molecule has 0 radical (unpaired) electrons. The van der Waals surface area contributed by atoms with E-state index < -0.39 is 24.2 Å². The van der Waals surface area contributed by atoms with Gasteiger partial charge in [0.2, 0.25) is 0 Å². The Hall–Kier alpha value is -3.62. The van der Waals surface area contributed by atoms with Gasteiger partial charge in [0.1, 0.15) is 11.6 Å². The zero-order valence-corrected chi connectivity index (χ0v) is 19.1. The smallest absolute Gasteiger partial charge is 0.266 e. The summed E-state index contributed by atoms with van der Waals surface area (Å²) in [6.07, 6.45) is 2.53. The first-order valence-electron chi connectivity index (χ1n) is 10.9. The second-order valence-electron chi connectivity index (χ2n) is 8.51. The maximum atomic E-state index is 14.9. The number of anilines is 2. The zero-order valence-electron chi connectivity index (χ0n) is 19.1. The number of nitrogens with zero attached hydrogens (tertiary/aromatic N) is 3. The van der Waals surface area contributed by atoms with Gasteiger partial charge in [-0.3, -0.25) is 9.78 Å². The lowest BCUT2D eigenvalue weighted by Gasteiger charge is -2.23. The molecule has 0 bridgehead atoms. The van der Waals surface area contributed by atoms with E-state index >= 15 is 0 Å². The second-order valence-corrected chi connectivity index (χ2v) is 8.51. The summed E-state index contributed by atoms with van der Waals surface area (Å²) in [5, 5.41) is 2.78. The summed E-state index contributed by atoms with van der Waals surface area (Å²) >= 11 is 0. The lowest BCUT2D eigenvalue weighted by molar-refractivity contribution is 0.0257. The molecule has 3 aromatic rings. The normalized spacial score (nSPS) is 15.0. The first-order valence-corrected chi connectivity index (χ1v) is 10.9. The van der Waals surface area contributed by atoms with Crippen LogP contribution in [0.15, 0.2) is 48.8 Å². The van der Waals surface area contributed by atoms with Crippen molar-refractivity contribution in [3.8, 4) is 16.9 Å². The van der Waals surface area contributed by atoms with Crippen LogP contribution in [-0.4, -0.2) is 42.0 Å². The number of benzene rings is 1. The Morgan fingerprint density at radius 2 is 1.94 bits per heavy atom. The molecule has 1 N–H and O–H groups in total. The molecule has 9 heteroatoms. The van der Waals surface area contributed by atoms with Crippen LogP contribution in [0.25, 0.3) is 11.1 Å². The average molecular weight is 470 g/mol. The molecule has 6 nitrogen and oxygen atoms in total. The summed E-state index contributed by atoms with van der Waals surface area (Å²) in [5.41, 5.74) is 1.71. The number of methoxy groups -OCH3 is 1. The van der Waals surface area contributed by atoms with Gasteiger partial charge in [0.25, 0.3) is 11.8 Å². The molecule has 178 valence electrons. The fourth-order valence-corrected chi connectivity index (χ4v) is 3.86. The minimum absolute atomic E-state index is 0.0531. The molecule has 34 heavy (non-hydrogen) atoms. The molecule has 2 aromatic heterocycles. The Bertz CT molecular complexity index is 1200. The van der Waals surface area contributed by atoms with Crippen LogP contribution in [0.4, 0.5) is 24.7 Å². The van der Waals surface area contributed by atoms with Crippen LogP contribution in [0.2, 0.25) is 0 Å². The number of aromatic nitrogens is 2. The minimum atomic E-state index is -2.88. The maximum Gasteiger partial charge on any atom is 0.266 e. The van der Waals surface area contributed by atoms with Crippen molar-refractivity contribution in [1.29, 1.82) is 0 Å². The number of alkyl halides is 2. The summed E-state index contributed by atoms with van der Waals surface area (Å²) in [7, 11) is 1.46. The van der Waals surface area contributed by atoms with Crippen molar-refractivity contribution in [3.05, 3.63) is 65.9 Å². The van der Waals surface area contributed by atoms with Gasteiger partial charge in [-0.1, -0.05) is 13.8 Å². The van der Waals surface area contributed by atoms with E-state index in [0.29, 0.717) is 11.3 Å². The molecule has 1 aliphatic rings. The SMILES string of the molecule is COc1ccc(F)c(-c2ccnc(N3CCC(F)(F)C3)c2NC(=O)c2ccc(C(C)C)nc2)c1. The van der Waals surface area contributed by atoms with Gasteiger partial charge in [-0.05, 0) is 42.3 Å². The molecule has 0 aliphatic carbocycles. The highest BCUT2D eigenvalue weighted by atomic mass is 19.3. The Kier molecular flexibility index (Phi) is 6.45. The molecular weight excluding hydrogens is 445 g/mol. The molecule has 0 unspecified atom stereocenters. The molecule has 3 heterocycles. The number of hydrogen-bond donors (Lipinski definition) is 1. The molecule has 1 aromatic carbocycles. The molecule has 1 aliphatic heterocycles. The predicted octanol–water partition coefficient (Wildman–Crippen LogP) is 5.51. The first-order chi connectivity index (χ1) is 16.2. The first kappa shape index (κ1) is 23.5. The molecule has 4 rings (SSSR count). The summed E-state index contributed by atoms with van der Waals surface area (Å²) in [6.45, 7) is 3.49. The molecule has 0 spiro atoms. The van der Waals surface area contributed by atoms with E-state index in [4.69, 9.17) is 4.74 Å². The number of halogens is 3. The quantitative estimate of drug-likeness (QED) is 0.514. The van der Waals surface area contributed by atoms with Crippen LogP contribution in [0.1, 0.15) is 42.2 Å². The second kappa shape index (κ2) is 9.32. The van der Waals surface area contributed by atoms with E-state index in [-0.39, 0.29) is 41.5 Å². The lowest BCUT2D eigenvalue weighted by atomic mass is 10.0. The maximum absolute atomic E-state index is 14.9. The van der Waals surface area contributed by atoms with Crippen molar-refractivity contribution in [3.63, 3.8) is 0 Å². The van der Waals surface area contributed by atoms with E-state index in [2.05, 4.69) is 15.3 Å². The average Bonchev–Trinajstić information content (AvgIpc) is 3.19. The highest BCUT2D eigenvalue weighted by Crippen LogP contribution is 2.40. The Balaban J connectivity index is 1.79. The predicted molar refractivity (Wildman–Crippen MR) is 124 cm³/mol. The number of carbonyl (C=O) groups is 1. The molecule has 0 atom stereocenters. The van der Waals surface area contributed by atoms with Crippen LogP contribution < -0.4 is 15.0 Å². The van der Waals surface area contributed by atoms with E-state index in [1.165, 1.54) is 48.7 Å². The van der Waals surface area contributed by atoms with Gasteiger partial charge in [0.15, 0.2) is 5.82 Å². The number of pyridine rings is 2. The fourth-order valence-electron chi connectivity index (χ4n) is 3.86. The molecule has 0 saturated carbocycles. The monoisotopic (exact) mass is 470 g/mol. The van der Waals surface area contributed by atoms with E-state index in [1.807, 2.05) is 13.8 Å². The largest absolute Gasteiger partial charge is 0.497 e. The summed E-state index contributed by atoms with van der Waals surface area (Å²) in [6, 6.07) is 9.14.